The van der Waals surface area contributed by atoms with Gasteiger partial charge in [0.25, 0.3) is 5.91 Å². The molecule has 9 heteroatoms. The topological polar surface area (TPSA) is 88.2 Å². The molecule has 0 unspecified atom stereocenters. The van der Waals surface area contributed by atoms with E-state index in [4.69, 9.17) is 5.73 Å². The fourth-order valence-corrected chi connectivity index (χ4v) is 4.64. The highest BCUT2D eigenvalue weighted by Crippen LogP contribution is 2.34. The summed E-state index contributed by atoms with van der Waals surface area (Å²) in [7, 11) is 0. The Balaban J connectivity index is 1.44. The molecule has 0 atom stereocenters. The summed E-state index contributed by atoms with van der Waals surface area (Å²) >= 11 is 0. The molecule has 35 heavy (non-hydrogen) atoms. The molecule has 5 rings (SSSR count). The smallest absolute Gasteiger partial charge is 0.259 e. The van der Waals surface area contributed by atoms with Crippen LogP contribution in [0.4, 0.5) is 14.6 Å². The van der Waals surface area contributed by atoms with Crippen LogP contribution in [0.2, 0.25) is 0 Å². The lowest BCUT2D eigenvalue weighted by atomic mass is 9.96. The average molecular weight is 479 g/mol. The second-order valence-electron chi connectivity index (χ2n) is 9.22. The molecule has 2 aromatic heterocycles. The molecule has 0 bridgehead atoms. The van der Waals surface area contributed by atoms with Crippen molar-refractivity contribution in [1.29, 1.82) is 0 Å². The molecular weight excluding hydrogens is 450 g/mol. The Morgan fingerprint density at radius 2 is 1.74 bits per heavy atom. The molecule has 1 aliphatic carbocycles. The van der Waals surface area contributed by atoms with Crippen LogP contribution in [0.1, 0.15) is 35.8 Å². The van der Waals surface area contributed by atoms with Crippen molar-refractivity contribution in [2.75, 3.05) is 38.5 Å². The number of rotatable bonds is 6. The Hall–Kier alpha value is -3.46. The first-order valence-electron chi connectivity index (χ1n) is 12.0. The molecule has 7 nitrogen and oxygen atoms in total. The number of aryl methyl sites for hydroxylation is 1. The summed E-state index contributed by atoms with van der Waals surface area (Å²) in [4.78, 5) is 29.7. The van der Waals surface area contributed by atoms with Crippen molar-refractivity contribution in [2.45, 2.75) is 26.2 Å². The number of hydrogen-bond donors (Lipinski definition) is 1. The molecule has 1 saturated heterocycles. The number of nitrogen functional groups attached to an aromatic ring is 1. The maximum Gasteiger partial charge on any atom is 0.259 e. The summed E-state index contributed by atoms with van der Waals surface area (Å²) < 4.78 is 30.5. The predicted molar refractivity (Wildman–Crippen MR) is 129 cm³/mol. The van der Waals surface area contributed by atoms with Gasteiger partial charge in [-0.3, -0.25) is 9.69 Å². The quantitative estimate of drug-likeness (QED) is 0.580. The first-order chi connectivity index (χ1) is 16.9. The van der Waals surface area contributed by atoms with E-state index in [1.807, 2.05) is 6.92 Å². The summed E-state index contributed by atoms with van der Waals surface area (Å²) in [5.74, 6) is -1.29. The third-order valence-electron chi connectivity index (χ3n) is 6.74. The Labute approximate surface area is 203 Å². The van der Waals surface area contributed by atoms with Gasteiger partial charge in [-0.25, -0.2) is 23.7 Å². The van der Waals surface area contributed by atoms with Crippen LogP contribution in [-0.4, -0.2) is 63.4 Å². The number of nitrogens with two attached hydrogens (primary N) is 1. The summed E-state index contributed by atoms with van der Waals surface area (Å²) in [6, 6.07) is 5.78. The van der Waals surface area contributed by atoms with Gasteiger partial charge in [0.15, 0.2) is 0 Å². The zero-order valence-corrected chi connectivity index (χ0v) is 19.7. The van der Waals surface area contributed by atoms with Gasteiger partial charge in [-0.1, -0.05) is 6.92 Å². The van der Waals surface area contributed by atoms with Crippen LogP contribution in [0, 0.1) is 17.6 Å². The second kappa shape index (κ2) is 9.65. The van der Waals surface area contributed by atoms with Gasteiger partial charge < -0.3 is 10.6 Å². The average Bonchev–Trinajstić information content (AvgIpc) is 3.68. The Morgan fingerprint density at radius 1 is 1.03 bits per heavy atom. The maximum atomic E-state index is 15.3. The SMILES string of the molecule is CCc1ncnc(-c2cc(F)c(C(=O)N3CCN(CC4CC4)CC3)c(F)c2)c1-c1ccc(N)nc1. The number of carbonyl (C=O) groups is 1. The normalized spacial score (nSPS) is 16.5. The van der Waals surface area contributed by atoms with E-state index < -0.39 is 23.1 Å². The molecule has 2 fully saturated rings. The van der Waals surface area contributed by atoms with E-state index in [-0.39, 0.29) is 5.56 Å². The van der Waals surface area contributed by atoms with Crippen LogP contribution in [0.15, 0.2) is 36.8 Å². The summed E-state index contributed by atoms with van der Waals surface area (Å²) in [5.41, 5.74) is 7.84. The number of halogens is 2. The van der Waals surface area contributed by atoms with E-state index in [9.17, 15) is 4.79 Å². The number of hydrogen-bond acceptors (Lipinski definition) is 6. The number of piperazine rings is 1. The van der Waals surface area contributed by atoms with Crippen molar-refractivity contribution in [1.82, 2.24) is 24.8 Å². The lowest BCUT2D eigenvalue weighted by Crippen LogP contribution is -2.49. The molecule has 0 radical (unpaired) electrons. The molecule has 1 aromatic carbocycles. The molecule has 2 N–H and O–H groups in total. The van der Waals surface area contributed by atoms with Crippen molar-refractivity contribution >= 4 is 11.7 Å². The molecule has 1 aliphatic heterocycles. The molecular formula is C26H28F2N6O. The zero-order valence-electron chi connectivity index (χ0n) is 19.7. The summed E-state index contributed by atoms with van der Waals surface area (Å²) in [5, 5.41) is 0. The number of benzene rings is 1. The van der Waals surface area contributed by atoms with Gasteiger partial charge in [0.1, 0.15) is 29.3 Å². The van der Waals surface area contributed by atoms with E-state index in [2.05, 4.69) is 19.9 Å². The third-order valence-corrected chi connectivity index (χ3v) is 6.74. The minimum absolute atomic E-state index is 0.231. The van der Waals surface area contributed by atoms with E-state index in [0.717, 1.165) is 25.6 Å². The molecule has 182 valence electrons. The van der Waals surface area contributed by atoms with Crippen molar-refractivity contribution in [3.8, 4) is 22.4 Å². The number of aromatic nitrogens is 3. The minimum atomic E-state index is -0.900. The van der Waals surface area contributed by atoms with Crippen LogP contribution >= 0.6 is 0 Å². The monoisotopic (exact) mass is 478 g/mol. The Kier molecular flexibility index (Phi) is 6.42. The van der Waals surface area contributed by atoms with E-state index >= 15 is 8.78 Å². The molecule has 1 amide bonds. The van der Waals surface area contributed by atoms with Crippen molar-refractivity contribution < 1.29 is 13.6 Å². The Bertz CT molecular complexity index is 1210. The molecule has 2 aliphatic rings. The van der Waals surface area contributed by atoms with Crippen molar-refractivity contribution in [3.63, 3.8) is 0 Å². The van der Waals surface area contributed by atoms with Crippen LogP contribution in [0.25, 0.3) is 22.4 Å². The van der Waals surface area contributed by atoms with Gasteiger partial charge in [-0.15, -0.1) is 0 Å². The molecule has 0 spiro atoms. The molecule has 1 saturated carbocycles. The van der Waals surface area contributed by atoms with Crippen LogP contribution in [0.3, 0.4) is 0 Å². The van der Waals surface area contributed by atoms with Gasteiger partial charge in [0, 0.05) is 55.6 Å². The van der Waals surface area contributed by atoms with Gasteiger partial charge in [-0.2, -0.15) is 0 Å². The second-order valence-corrected chi connectivity index (χ2v) is 9.22. The number of pyridine rings is 1. The van der Waals surface area contributed by atoms with E-state index in [1.54, 1.807) is 18.3 Å². The van der Waals surface area contributed by atoms with Crippen LogP contribution in [-0.2, 0) is 6.42 Å². The van der Waals surface area contributed by atoms with E-state index in [1.165, 1.54) is 36.2 Å². The first-order valence-corrected chi connectivity index (χ1v) is 12.0. The fourth-order valence-electron chi connectivity index (χ4n) is 4.64. The predicted octanol–water partition coefficient (Wildman–Crippen LogP) is 3.80. The van der Waals surface area contributed by atoms with E-state index in [0.29, 0.717) is 47.8 Å². The largest absolute Gasteiger partial charge is 0.384 e. The van der Waals surface area contributed by atoms with Crippen LogP contribution in [0.5, 0.6) is 0 Å². The van der Waals surface area contributed by atoms with Crippen molar-refractivity contribution in [3.05, 3.63) is 59.7 Å². The van der Waals surface area contributed by atoms with Gasteiger partial charge >= 0.3 is 0 Å². The number of anilines is 1. The van der Waals surface area contributed by atoms with Gasteiger partial charge in [0.2, 0.25) is 0 Å². The first kappa shape index (κ1) is 23.3. The molecule has 3 heterocycles. The fraction of sp³-hybridized carbons (Fsp3) is 0.385. The highest BCUT2D eigenvalue weighted by Gasteiger charge is 2.30. The summed E-state index contributed by atoms with van der Waals surface area (Å²) in [6.07, 6.45) is 6.08. The molecule has 3 aromatic rings. The minimum Gasteiger partial charge on any atom is -0.384 e. The van der Waals surface area contributed by atoms with Gasteiger partial charge in [-0.05, 0) is 49.4 Å². The third kappa shape index (κ3) is 4.86. The standard InChI is InChI=1S/C26H28F2N6O/c1-2-21-23(17-5-6-22(29)30-13-17)25(32-15-31-21)18-11-19(27)24(20(28)12-18)26(35)34-9-7-33(8-10-34)14-16-3-4-16/h5-6,11-13,15-16H,2-4,7-10,14H2,1H3,(H2,29,30). The van der Waals surface area contributed by atoms with Crippen molar-refractivity contribution in [2.24, 2.45) is 5.92 Å². The van der Waals surface area contributed by atoms with Gasteiger partial charge in [0.05, 0.1) is 11.4 Å². The number of carbonyl (C=O) groups excluding carboxylic acids is 1. The lowest BCUT2D eigenvalue weighted by molar-refractivity contribution is 0.0622. The lowest BCUT2D eigenvalue weighted by Gasteiger charge is -2.35. The number of amides is 1. The highest BCUT2D eigenvalue weighted by atomic mass is 19.1. The Morgan fingerprint density at radius 3 is 2.34 bits per heavy atom. The zero-order chi connectivity index (χ0) is 24.5. The highest BCUT2D eigenvalue weighted by molar-refractivity contribution is 5.96. The number of nitrogens with zero attached hydrogens (tertiary/aromatic N) is 5. The van der Waals surface area contributed by atoms with Crippen LogP contribution < -0.4 is 5.73 Å². The maximum absolute atomic E-state index is 15.3. The summed E-state index contributed by atoms with van der Waals surface area (Å²) in [6.45, 7) is 5.36.